The lowest BCUT2D eigenvalue weighted by atomic mass is 10.0. The number of ketones is 1. The molecular weight excluding hydrogens is 285 g/mol. The molecule has 5 heteroatoms. The average molecular weight is 296 g/mol. The van der Waals surface area contributed by atoms with Gasteiger partial charge in [0.15, 0.2) is 5.78 Å². The van der Waals surface area contributed by atoms with Gasteiger partial charge < -0.3 is 10.5 Å². The molecule has 0 amide bonds. The summed E-state index contributed by atoms with van der Waals surface area (Å²) < 4.78 is 5.04. The van der Waals surface area contributed by atoms with Crippen molar-refractivity contribution < 1.29 is 9.53 Å². The summed E-state index contributed by atoms with van der Waals surface area (Å²) in [5.41, 5.74) is 6.95. The molecule has 3 nitrogen and oxygen atoms in total. The molecule has 2 aromatic carbocycles. The average Bonchev–Trinajstić information content (AvgIpc) is 2.40. The zero-order chi connectivity index (χ0) is 14.0. The van der Waals surface area contributed by atoms with Gasteiger partial charge in [-0.3, -0.25) is 4.79 Å². The Bertz CT molecular complexity index is 641. The molecule has 0 aliphatic rings. The summed E-state index contributed by atoms with van der Waals surface area (Å²) in [7, 11) is 1.51. The van der Waals surface area contributed by atoms with Crippen LogP contribution < -0.4 is 10.5 Å². The Hall–Kier alpha value is -1.71. The number of nitrogen functional groups attached to an aromatic ring is 1. The van der Waals surface area contributed by atoms with Crippen LogP contribution >= 0.6 is 23.2 Å². The second-order valence-electron chi connectivity index (χ2n) is 3.91. The van der Waals surface area contributed by atoms with E-state index in [-0.39, 0.29) is 5.78 Å². The van der Waals surface area contributed by atoms with Crippen molar-refractivity contribution in [3.05, 3.63) is 57.6 Å². The van der Waals surface area contributed by atoms with E-state index < -0.39 is 0 Å². The van der Waals surface area contributed by atoms with Crippen LogP contribution in [0, 0.1) is 0 Å². The van der Waals surface area contributed by atoms with Crippen LogP contribution in [0.5, 0.6) is 5.75 Å². The Morgan fingerprint density at radius 1 is 1.16 bits per heavy atom. The lowest BCUT2D eigenvalue weighted by Crippen LogP contribution is -2.04. The minimum Gasteiger partial charge on any atom is -0.495 e. The number of methoxy groups -OCH3 is 1. The maximum atomic E-state index is 12.3. The van der Waals surface area contributed by atoms with Gasteiger partial charge in [0.1, 0.15) is 5.75 Å². The molecule has 0 saturated carbocycles. The fourth-order valence-electron chi connectivity index (χ4n) is 1.70. The van der Waals surface area contributed by atoms with E-state index in [1.165, 1.54) is 13.2 Å². The van der Waals surface area contributed by atoms with Gasteiger partial charge in [-0.25, -0.2) is 0 Å². The first-order valence-electron chi connectivity index (χ1n) is 5.46. The van der Waals surface area contributed by atoms with Gasteiger partial charge in [0.05, 0.1) is 17.8 Å². The quantitative estimate of drug-likeness (QED) is 0.692. The van der Waals surface area contributed by atoms with Gasteiger partial charge in [0.2, 0.25) is 0 Å². The Morgan fingerprint density at radius 2 is 1.89 bits per heavy atom. The molecule has 0 fully saturated rings. The first-order valence-corrected chi connectivity index (χ1v) is 6.22. The molecule has 0 aliphatic carbocycles. The lowest BCUT2D eigenvalue weighted by molar-refractivity contribution is 0.103. The predicted octanol–water partition coefficient (Wildman–Crippen LogP) is 3.82. The number of rotatable bonds is 3. The fourth-order valence-corrected chi connectivity index (χ4v) is 2.08. The number of nitrogens with two attached hydrogens (primary N) is 1. The highest BCUT2D eigenvalue weighted by Gasteiger charge is 2.14. The summed E-state index contributed by atoms with van der Waals surface area (Å²) in [6.07, 6.45) is 0. The van der Waals surface area contributed by atoms with Crippen molar-refractivity contribution in [3.8, 4) is 5.75 Å². The third kappa shape index (κ3) is 2.83. The highest BCUT2D eigenvalue weighted by Crippen LogP contribution is 2.27. The molecule has 0 heterocycles. The Morgan fingerprint density at radius 3 is 2.53 bits per heavy atom. The zero-order valence-corrected chi connectivity index (χ0v) is 11.6. The molecule has 2 rings (SSSR count). The van der Waals surface area contributed by atoms with Gasteiger partial charge in [-0.1, -0.05) is 23.2 Å². The van der Waals surface area contributed by atoms with E-state index in [1.54, 1.807) is 30.3 Å². The minimum atomic E-state index is -0.234. The summed E-state index contributed by atoms with van der Waals surface area (Å²) >= 11 is 11.9. The number of anilines is 1. The molecule has 0 spiro atoms. The molecule has 0 bridgehead atoms. The summed E-state index contributed by atoms with van der Waals surface area (Å²) in [5.74, 6) is 0.288. The van der Waals surface area contributed by atoms with E-state index in [0.29, 0.717) is 32.6 Å². The molecule has 98 valence electrons. The molecule has 0 radical (unpaired) electrons. The van der Waals surface area contributed by atoms with E-state index in [2.05, 4.69) is 0 Å². The Kier molecular flexibility index (Phi) is 3.98. The highest BCUT2D eigenvalue weighted by atomic mass is 35.5. The number of carbonyl (C=O) groups excluding carboxylic acids is 1. The van der Waals surface area contributed by atoms with Crippen LogP contribution in [0.3, 0.4) is 0 Å². The summed E-state index contributed by atoms with van der Waals surface area (Å²) in [5, 5.41) is 0.804. The smallest absolute Gasteiger partial charge is 0.194 e. The van der Waals surface area contributed by atoms with Crippen LogP contribution in [-0.4, -0.2) is 12.9 Å². The van der Waals surface area contributed by atoms with Gasteiger partial charge in [-0.2, -0.15) is 0 Å². The lowest BCUT2D eigenvalue weighted by Gasteiger charge is -2.08. The first-order chi connectivity index (χ1) is 9.02. The molecule has 0 aliphatic heterocycles. The Labute approximate surface area is 120 Å². The molecular formula is C14H11Cl2NO2. The van der Waals surface area contributed by atoms with Crippen molar-refractivity contribution in [3.63, 3.8) is 0 Å². The molecule has 2 N–H and O–H groups in total. The number of halogens is 2. The molecule has 0 atom stereocenters. The largest absolute Gasteiger partial charge is 0.495 e. The van der Waals surface area contributed by atoms with Crippen LogP contribution in [0.2, 0.25) is 10.0 Å². The SMILES string of the molecule is COc1ccc(C(=O)c2cc(Cl)ccc2Cl)cc1N. The molecule has 0 aromatic heterocycles. The van der Waals surface area contributed by atoms with Crippen molar-refractivity contribution in [1.29, 1.82) is 0 Å². The first kappa shape index (κ1) is 13.7. The van der Waals surface area contributed by atoms with Gasteiger partial charge >= 0.3 is 0 Å². The van der Waals surface area contributed by atoms with E-state index in [4.69, 9.17) is 33.7 Å². The maximum Gasteiger partial charge on any atom is 0.194 e. The fraction of sp³-hybridized carbons (Fsp3) is 0.0714. The maximum absolute atomic E-state index is 12.3. The molecule has 19 heavy (non-hydrogen) atoms. The standard InChI is InChI=1S/C14H11Cl2NO2/c1-19-13-5-2-8(6-12(13)17)14(18)10-7-9(15)3-4-11(10)16/h2-7H,17H2,1H3. The summed E-state index contributed by atoms with van der Waals surface area (Å²) in [4.78, 5) is 12.3. The second-order valence-corrected chi connectivity index (χ2v) is 4.75. The van der Waals surface area contributed by atoms with Crippen molar-refractivity contribution in [2.75, 3.05) is 12.8 Å². The topological polar surface area (TPSA) is 52.3 Å². The minimum absolute atomic E-state index is 0.234. The highest BCUT2D eigenvalue weighted by molar-refractivity contribution is 6.36. The van der Waals surface area contributed by atoms with Crippen molar-refractivity contribution >= 4 is 34.7 Å². The summed E-state index contributed by atoms with van der Waals surface area (Å²) in [6, 6.07) is 9.58. The monoisotopic (exact) mass is 295 g/mol. The molecule has 0 saturated heterocycles. The van der Waals surface area contributed by atoms with Gasteiger partial charge in [0, 0.05) is 16.1 Å². The van der Waals surface area contributed by atoms with Crippen LogP contribution in [0.25, 0.3) is 0 Å². The van der Waals surface area contributed by atoms with Crippen molar-refractivity contribution in [2.45, 2.75) is 0 Å². The second kappa shape index (κ2) is 5.51. The van der Waals surface area contributed by atoms with Crippen LogP contribution in [-0.2, 0) is 0 Å². The van der Waals surface area contributed by atoms with Crippen molar-refractivity contribution in [1.82, 2.24) is 0 Å². The number of carbonyl (C=O) groups is 1. The summed E-state index contributed by atoms with van der Waals surface area (Å²) in [6.45, 7) is 0. The van der Waals surface area contributed by atoms with E-state index in [9.17, 15) is 4.79 Å². The van der Waals surface area contributed by atoms with Crippen LogP contribution in [0.4, 0.5) is 5.69 Å². The Balaban J connectivity index is 2.44. The van der Waals surface area contributed by atoms with Crippen LogP contribution in [0.1, 0.15) is 15.9 Å². The predicted molar refractivity (Wildman–Crippen MR) is 77.3 cm³/mol. The third-order valence-corrected chi connectivity index (χ3v) is 3.23. The molecule has 0 unspecified atom stereocenters. The zero-order valence-electron chi connectivity index (χ0n) is 10.1. The van der Waals surface area contributed by atoms with E-state index >= 15 is 0 Å². The van der Waals surface area contributed by atoms with Gasteiger partial charge in [-0.15, -0.1) is 0 Å². The number of hydrogen-bond donors (Lipinski definition) is 1. The number of hydrogen-bond acceptors (Lipinski definition) is 3. The number of ether oxygens (including phenoxy) is 1. The third-order valence-electron chi connectivity index (χ3n) is 2.66. The van der Waals surface area contributed by atoms with Gasteiger partial charge in [-0.05, 0) is 36.4 Å². The normalized spacial score (nSPS) is 10.3. The number of benzene rings is 2. The van der Waals surface area contributed by atoms with E-state index in [1.807, 2.05) is 0 Å². The molecule has 2 aromatic rings. The van der Waals surface area contributed by atoms with Crippen molar-refractivity contribution in [2.24, 2.45) is 0 Å². The van der Waals surface area contributed by atoms with E-state index in [0.717, 1.165) is 0 Å². The van der Waals surface area contributed by atoms with Crippen LogP contribution in [0.15, 0.2) is 36.4 Å². The van der Waals surface area contributed by atoms with Gasteiger partial charge in [0.25, 0.3) is 0 Å².